The summed E-state index contributed by atoms with van der Waals surface area (Å²) in [6.45, 7) is 6.02. The number of ether oxygens (including phenoxy) is 4. The smallest absolute Gasteiger partial charge is 0.329 e. The van der Waals surface area contributed by atoms with Crippen molar-refractivity contribution in [3.8, 4) is 0 Å². The maximum Gasteiger partial charge on any atom is 0.329 e. The Morgan fingerprint density at radius 1 is 1.09 bits per heavy atom. The Morgan fingerprint density at radius 2 is 1.82 bits per heavy atom. The third-order valence-corrected chi connectivity index (χ3v) is 13.2. The topological polar surface area (TPSA) is 207 Å². The van der Waals surface area contributed by atoms with E-state index in [1.165, 1.54) is 12.2 Å². The average molecular weight is 891 g/mol. The number of fused-ring (bicyclic) bond motifs is 7. The van der Waals surface area contributed by atoms with Crippen molar-refractivity contribution in [3.05, 3.63) is 33.9 Å². The van der Waals surface area contributed by atoms with Gasteiger partial charge in [0.05, 0.1) is 31.8 Å². The Labute approximate surface area is 333 Å². The number of ketones is 2. The Hall–Kier alpha value is -3.03. The van der Waals surface area contributed by atoms with Crippen LogP contribution in [0.25, 0.3) is 0 Å². The van der Waals surface area contributed by atoms with Crippen LogP contribution in [0.5, 0.6) is 0 Å². The third kappa shape index (κ3) is 8.22. The molecular formula is C38H52FIN2O13. The molecule has 0 aromatic carbocycles. The van der Waals surface area contributed by atoms with Crippen molar-refractivity contribution < 1.29 is 62.3 Å². The SMILES string of the molecule is CC1(C)O[C@@H]2C[C@H]3[C@@H]4CCC5=CC(=O)C=C[C@]5(C)[C@@]4(F)[C@@H](O)C[C@]3(C)[C@]2(C(=O)COC(=O)CC(NC(=O)CCCCCO[N+](=O)[O-])C(=O)OCCCCI)O1. The molecule has 2 N–H and O–H groups in total. The highest BCUT2D eigenvalue weighted by atomic mass is 127. The largest absolute Gasteiger partial charge is 0.464 e. The van der Waals surface area contributed by atoms with E-state index in [0.29, 0.717) is 44.1 Å². The minimum absolute atomic E-state index is 0.0282. The van der Waals surface area contributed by atoms with Crippen molar-refractivity contribution in [2.45, 2.75) is 134 Å². The first-order chi connectivity index (χ1) is 25.8. The van der Waals surface area contributed by atoms with Crippen LogP contribution >= 0.6 is 22.6 Å². The maximum atomic E-state index is 17.7. The van der Waals surface area contributed by atoms with Crippen molar-refractivity contribution in [3.63, 3.8) is 0 Å². The summed E-state index contributed by atoms with van der Waals surface area (Å²) in [5.41, 5.74) is -5.60. The summed E-state index contributed by atoms with van der Waals surface area (Å²) >= 11 is 2.19. The molecule has 15 nitrogen and oxygen atoms in total. The lowest BCUT2D eigenvalue weighted by atomic mass is 9.44. The molecule has 4 aliphatic carbocycles. The summed E-state index contributed by atoms with van der Waals surface area (Å²) in [6.07, 6.45) is 4.69. The van der Waals surface area contributed by atoms with Crippen LogP contribution in [-0.4, -0.2) is 99.2 Å². The minimum Gasteiger partial charge on any atom is -0.464 e. The van der Waals surface area contributed by atoms with E-state index < -0.39 is 99.7 Å². The highest BCUT2D eigenvalue weighted by Gasteiger charge is 2.80. The highest BCUT2D eigenvalue weighted by Crippen LogP contribution is 2.72. The lowest BCUT2D eigenvalue weighted by Gasteiger charge is -2.62. The summed E-state index contributed by atoms with van der Waals surface area (Å²) in [5, 5.41) is 23.8. The number of rotatable bonds is 18. The molecule has 1 amide bonds. The van der Waals surface area contributed by atoms with Crippen molar-refractivity contribution in [2.24, 2.45) is 22.7 Å². The van der Waals surface area contributed by atoms with Gasteiger partial charge < -0.3 is 34.2 Å². The molecule has 0 aromatic rings. The lowest BCUT2D eigenvalue weighted by Crippen LogP contribution is -2.70. The van der Waals surface area contributed by atoms with Gasteiger partial charge in [-0.15, -0.1) is 10.1 Å². The molecule has 0 bridgehead atoms. The number of amides is 1. The molecule has 0 spiro atoms. The predicted octanol–water partition coefficient (Wildman–Crippen LogP) is 4.37. The molecule has 0 radical (unpaired) electrons. The van der Waals surface area contributed by atoms with E-state index in [1.807, 2.05) is 0 Å². The second-order valence-electron chi connectivity index (χ2n) is 16.2. The zero-order chi connectivity index (χ0) is 40.4. The van der Waals surface area contributed by atoms with E-state index in [0.717, 1.165) is 10.8 Å². The molecule has 5 aliphatic rings. The van der Waals surface area contributed by atoms with Gasteiger partial charge in [-0.3, -0.25) is 19.2 Å². The van der Waals surface area contributed by atoms with Crippen LogP contribution < -0.4 is 5.32 Å². The third-order valence-electron chi connectivity index (χ3n) is 12.4. The van der Waals surface area contributed by atoms with Gasteiger partial charge in [-0.05, 0) is 94.6 Å². The van der Waals surface area contributed by atoms with Crippen LogP contribution in [0.3, 0.4) is 0 Å². The van der Waals surface area contributed by atoms with Gasteiger partial charge in [0.25, 0.3) is 5.09 Å². The number of nitrogens with one attached hydrogen (secondary N) is 1. The molecule has 0 aromatic heterocycles. The maximum absolute atomic E-state index is 17.7. The first-order valence-corrected chi connectivity index (χ1v) is 20.5. The molecule has 17 heteroatoms. The predicted molar refractivity (Wildman–Crippen MR) is 200 cm³/mol. The van der Waals surface area contributed by atoms with E-state index >= 15 is 4.39 Å². The zero-order valence-electron chi connectivity index (χ0n) is 31.8. The number of unbranched alkanes of at least 4 members (excludes halogenated alkanes) is 3. The van der Waals surface area contributed by atoms with Gasteiger partial charge in [0.2, 0.25) is 11.7 Å². The van der Waals surface area contributed by atoms with Crippen LogP contribution in [0, 0.1) is 32.8 Å². The van der Waals surface area contributed by atoms with Crippen molar-refractivity contribution in [1.82, 2.24) is 5.32 Å². The number of carbonyl (C=O) groups is 5. The summed E-state index contributed by atoms with van der Waals surface area (Å²) in [6, 6.07) is -1.40. The molecule has 5 rings (SSSR count). The molecule has 1 saturated heterocycles. The average Bonchev–Trinajstić information content (AvgIpc) is 3.52. The van der Waals surface area contributed by atoms with Crippen molar-refractivity contribution in [2.75, 3.05) is 24.2 Å². The summed E-state index contributed by atoms with van der Waals surface area (Å²) in [4.78, 5) is 80.3. The van der Waals surface area contributed by atoms with E-state index in [-0.39, 0.29) is 38.3 Å². The fourth-order valence-electron chi connectivity index (χ4n) is 9.92. The van der Waals surface area contributed by atoms with Crippen LogP contribution in [0.4, 0.5) is 4.39 Å². The first-order valence-electron chi connectivity index (χ1n) is 19.0. The standard InChI is InChI=1S/C38H52FIN2O13/c1-34(2)54-30-19-26-25-12-11-23-18-24(43)13-14-35(23,3)37(25,39)28(44)21-36(26,4)38(30,55-34)29(45)22-52-32(47)20-27(33(48)51-16-9-7-15-40)41-31(46)10-6-5-8-17-53-42(49)50/h13-14,18,25-28,30,44H,5-12,15-17,19-22H2,1-4H3,(H,41,46)/t25-,26-,27?,28-,30+,35-,36-,37-,38+/m0/s1. The van der Waals surface area contributed by atoms with E-state index in [1.54, 1.807) is 33.8 Å². The second-order valence-corrected chi connectivity index (χ2v) is 17.3. The summed E-state index contributed by atoms with van der Waals surface area (Å²) < 4.78 is 42.2. The fourth-order valence-corrected chi connectivity index (χ4v) is 10.5. The fraction of sp³-hybridized carbons (Fsp3) is 0.763. The Balaban J connectivity index is 1.29. The molecule has 1 heterocycles. The Bertz CT molecular complexity index is 1600. The molecule has 306 valence electrons. The number of hydrogen-bond acceptors (Lipinski definition) is 13. The second kappa shape index (κ2) is 16.8. The van der Waals surface area contributed by atoms with E-state index in [2.05, 4.69) is 32.7 Å². The number of aliphatic hydroxyl groups is 1. The number of aliphatic hydroxyl groups excluding tert-OH is 1. The molecule has 1 aliphatic heterocycles. The van der Waals surface area contributed by atoms with E-state index in [9.17, 15) is 39.2 Å². The molecular weight excluding hydrogens is 838 g/mol. The summed E-state index contributed by atoms with van der Waals surface area (Å²) in [7, 11) is 0. The Kier molecular flexibility index (Phi) is 13.2. The minimum atomic E-state index is -2.14. The highest BCUT2D eigenvalue weighted by molar-refractivity contribution is 14.1. The number of hydrogen-bond donors (Lipinski definition) is 2. The number of alkyl halides is 2. The number of Topliss-reactive ketones (excluding diaryl/α,β-unsaturated/α-hetero) is 1. The molecule has 4 fully saturated rings. The number of carbonyl (C=O) groups excluding carboxylic acids is 5. The number of allylic oxidation sites excluding steroid dienone is 4. The molecule has 9 atom stereocenters. The van der Waals surface area contributed by atoms with Crippen LogP contribution in [0.1, 0.15) is 98.3 Å². The van der Waals surface area contributed by atoms with Gasteiger partial charge in [-0.1, -0.05) is 47.6 Å². The van der Waals surface area contributed by atoms with Gasteiger partial charge in [-0.2, -0.15) is 0 Å². The van der Waals surface area contributed by atoms with Gasteiger partial charge in [0, 0.05) is 23.2 Å². The van der Waals surface area contributed by atoms with Crippen LogP contribution in [0.2, 0.25) is 0 Å². The number of halogens is 2. The zero-order valence-corrected chi connectivity index (χ0v) is 33.9. The molecule has 55 heavy (non-hydrogen) atoms. The monoisotopic (exact) mass is 890 g/mol. The summed E-state index contributed by atoms with van der Waals surface area (Å²) in [5.74, 6) is -5.63. The lowest BCUT2D eigenvalue weighted by molar-refractivity contribution is -0.757. The van der Waals surface area contributed by atoms with Crippen molar-refractivity contribution >= 4 is 52.0 Å². The number of esters is 2. The number of nitrogens with zero attached hydrogens (tertiary/aromatic N) is 1. The van der Waals surface area contributed by atoms with Crippen LogP contribution in [-0.2, 0) is 47.8 Å². The quantitative estimate of drug-likeness (QED) is 0.0491. The Morgan fingerprint density at radius 3 is 2.53 bits per heavy atom. The van der Waals surface area contributed by atoms with Gasteiger partial charge in [0.15, 0.2) is 29.4 Å². The van der Waals surface area contributed by atoms with Crippen molar-refractivity contribution in [1.29, 1.82) is 0 Å². The van der Waals surface area contributed by atoms with Crippen LogP contribution in [0.15, 0.2) is 23.8 Å². The normalized spacial score (nSPS) is 34.6. The van der Waals surface area contributed by atoms with Gasteiger partial charge >= 0.3 is 11.9 Å². The first kappa shape index (κ1) is 43.1. The van der Waals surface area contributed by atoms with Gasteiger partial charge in [-0.25, -0.2) is 9.18 Å². The van der Waals surface area contributed by atoms with E-state index in [4.69, 9.17) is 18.9 Å². The van der Waals surface area contributed by atoms with Gasteiger partial charge in [0.1, 0.15) is 6.04 Å². The molecule has 3 saturated carbocycles. The molecule has 1 unspecified atom stereocenters.